The van der Waals surface area contributed by atoms with Gasteiger partial charge < -0.3 is 5.02 Å². The van der Waals surface area contributed by atoms with Gasteiger partial charge in [0.1, 0.15) is 11.6 Å². The Labute approximate surface area is 105 Å². The Balaban J connectivity index is 2.44. The molecule has 0 heterocycles. The summed E-state index contributed by atoms with van der Waals surface area (Å²) in [4.78, 5) is 0. The molecule has 0 unspecified atom stereocenters. The van der Waals surface area contributed by atoms with E-state index in [2.05, 4.69) is 0 Å². The third-order valence-electron chi connectivity index (χ3n) is 3.05. The molecule has 0 saturated carbocycles. The molecule has 2 aromatic rings. The summed E-state index contributed by atoms with van der Waals surface area (Å²) >= 11 is 0. The molecule has 0 radical (unpaired) electrons. The molecule has 0 aliphatic rings. The third-order valence-corrected chi connectivity index (χ3v) is 3.05. The molecule has 0 saturated heterocycles. The summed E-state index contributed by atoms with van der Waals surface area (Å²) in [6.45, 7) is 2.60. The van der Waals surface area contributed by atoms with E-state index in [1.165, 1.54) is 24.3 Å². The molecule has 0 bridgehead atoms. The fourth-order valence-electron chi connectivity index (χ4n) is 2.06. The molecular formula is C14H13BF2O. The molecule has 4 heteroatoms. The standard InChI is InChI=1S/C14H13BF2O/c1-9-7-11(16)3-5-13(9)15(18)14-6-4-12(17)8-10(14)2/h3-8,18H,1-2H3. The Hall–Kier alpha value is -1.68. The van der Waals surface area contributed by atoms with Gasteiger partial charge in [-0.3, -0.25) is 0 Å². The van der Waals surface area contributed by atoms with Crippen molar-refractivity contribution in [2.45, 2.75) is 13.8 Å². The molecule has 0 aliphatic carbocycles. The van der Waals surface area contributed by atoms with Crippen LogP contribution >= 0.6 is 0 Å². The minimum atomic E-state index is -0.869. The number of hydrogen-bond acceptors (Lipinski definition) is 1. The molecule has 0 fully saturated rings. The van der Waals surface area contributed by atoms with Gasteiger partial charge in [0.25, 0.3) is 0 Å². The summed E-state index contributed by atoms with van der Waals surface area (Å²) in [5.41, 5.74) is 2.61. The molecule has 0 aromatic heterocycles. The van der Waals surface area contributed by atoms with Crippen LogP contribution in [0.15, 0.2) is 36.4 Å². The van der Waals surface area contributed by atoms with Crippen molar-refractivity contribution in [1.82, 2.24) is 0 Å². The normalized spacial score (nSPS) is 10.5. The second-order valence-electron chi connectivity index (χ2n) is 4.40. The summed E-state index contributed by atoms with van der Waals surface area (Å²) < 4.78 is 26.0. The number of hydrogen-bond donors (Lipinski definition) is 1. The predicted molar refractivity (Wildman–Crippen MR) is 69.5 cm³/mol. The van der Waals surface area contributed by atoms with Crippen LogP contribution in [-0.2, 0) is 0 Å². The van der Waals surface area contributed by atoms with Gasteiger partial charge in [-0.1, -0.05) is 23.3 Å². The zero-order chi connectivity index (χ0) is 13.3. The maximum atomic E-state index is 13.0. The van der Waals surface area contributed by atoms with E-state index in [4.69, 9.17) is 0 Å². The van der Waals surface area contributed by atoms with E-state index < -0.39 is 6.92 Å². The van der Waals surface area contributed by atoms with E-state index in [0.717, 1.165) is 0 Å². The first-order chi connectivity index (χ1) is 8.49. The van der Waals surface area contributed by atoms with E-state index in [9.17, 15) is 13.8 Å². The van der Waals surface area contributed by atoms with Crippen molar-refractivity contribution in [3.05, 3.63) is 59.2 Å². The highest BCUT2D eigenvalue weighted by Gasteiger charge is 2.21. The summed E-state index contributed by atoms with van der Waals surface area (Å²) in [7, 11) is 0. The topological polar surface area (TPSA) is 20.2 Å². The Morgan fingerprint density at radius 2 is 1.22 bits per heavy atom. The lowest BCUT2D eigenvalue weighted by molar-refractivity contribution is 0.598. The van der Waals surface area contributed by atoms with E-state index in [1.807, 2.05) is 0 Å². The molecule has 2 rings (SSSR count). The van der Waals surface area contributed by atoms with Crippen LogP contribution in [0.1, 0.15) is 11.1 Å². The van der Waals surface area contributed by atoms with Crippen molar-refractivity contribution in [1.29, 1.82) is 0 Å². The highest BCUT2D eigenvalue weighted by molar-refractivity contribution is 6.79. The quantitative estimate of drug-likeness (QED) is 0.799. The van der Waals surface area contributed by atoms with Crippen LogP contribution in [0.3, 0.4) is 0 Å². The van der Waals surface area contributed by atoms with Crippen LogP contribution in [0.4, 0.5) is 8.78 Å². The van der Waals surface area contributed by atoms with Gasteiger partial charge in [0.05, 0.1) is 0 Å². The maximum Gasteiger partial charge on any atom is 0.359 e. The highest BCUT2D eigenvalue weighted by Crippen LogP contribution is 2.04. The average Bonchev–Trinajstić information content (AvgIpc) is 2.28. The lowest BCUT2D eigenvalue weighted by Gasteiger charge is -2.13. The lowest BCUT2D eigenvalue weighted by atomic mass is 9.53. The zero-order valence-electron chi connectivity index (χ0n) is 10.2. The molecule has 18 heavy (non-hydrogen) atoms. The van der Waals surface area contributed by atoms with Crippen LogP contribution in [0, 0.1) is 25.5 Å². The van der Waals surface area contributed by atoms with Crippen molar-refractivity contribution in [2.75, 3.05) is 0 Å². The summed E-state index contributed by atoms with van der Waals surface area (Å²) in [6, 6.07) is 8.47. The van der Waals surface area contributed by atoms with E-state index in [-0.39, 0.29) is 11.6 Å². The van der Waals surface area contributed by atoms with Crippen molar-refractivity contribution >= 4 is 17.8 Å². The van der Waals surface area contributed by atoms with Crippen LogP contribution < -0.4 is 10.9 Å². The molecular weight excluding hydrogens is 233 g/mol. The van der Waals surface area contributed by atoms with Gasteiger partial charge in [0, 0.05) is 0 Å². The molecule has 1 nitrogen and oxygen atoms in total. The minimum absolute atomic E-state index is 0.334. The predicted octanol–water partition coefficient (Wildman–Crippen LogP) is 1.68. The second-order valence-corrected chi connectivity index (χ2v) is 4.40. The molecule has 1 N–H and O–H groups in total. The first-order valence-corrected chi connectivity index (χ1v) is 5.69. The van der Waals surface area contributed by atoms with Crippen molar-refractivity contribution in [2.24, 2.45) is 0 Å². The fourth-order valence-corrected chi connectivity index (χ4v) is 2.06. The smallest absolute Gasteiger partial charge is 0.359 e. The van der Waals surface area contributed by atoms with Crippen LogP contribution in [-0.4, -0.2) is 11.9 Å². The summed E-state index contributed by atoms with van der Waals surface area (Å²) in [5, 5.41) is 10.3. The van der Waals surface area contributed by atoms with Gasteiger partial charge in [-0.2, -0.15) is 0 Å². The molecule has 92 valence electrons. The Bertz CT molecular complexity index is 533. The Morgan fingerprint density at radius 3 is 1.56 bits per heavy atom. The number of benzene rings is 2. The minimum Gasteiger partial charge on any atom is -0.443 e. The van der Waals surface area contributed by atoms with Crippen LogP contribution in [0.5, 0.6) is 0 Å². The monoisotopic (exact) mass is 246 g/mol. The van der Waals surface area contributed by atoms with Crippen molar-refractivity contribution in [3.63, 3.8) is 0 Å². The second kappa shape index (κ2) is 4.90. The lowest BCUT2D eigenvalue weighted by Crippen LogP contribution is -2.45. The molecule has 0 amide bonds. The first-order valence-electron chi connectivity index (χ1n) is 5.69. The number of rotatable bonds is 2. The largest absolute Gasteiger partial charge is 0.443 e. The van der Waals surface area contributed by atoms with Crippen molar-refractivity contribution in [3.8, 4) is 0 Å². The van der Waals surface area contributed by atoms with Gasteiger partial charge in [-0.15, -0.1) is 0 Å². The van der Waals surface area contributed by atoms with Gasteiger partial charge in [0.15, 0.2) is 0 Å². The van der Waals surface area contributed by atoms with Gasteiger partial charge in [0.2, 0.25) is 0 Å². The summed E-state index contributed by atoms with van der Waals surface area (Å²) in [6.07, 6.45) is 0. The summed E-state index contributed by atoms with van der Waals surface area (Å²) in [5.74, 6) is -0.668. The van der Waals surface area contributed by atoms with Gasteiger partial charge in [-0.05, 0) is 49.0 Å². The van der Waals surface area contributed by atoms with Crippen LogP contribution in [0.25, 0.3) is 0 Å². The zero-order valence-corrected chi connectivity index (χ0v) is 10.2. The number of halogens is 2. The Morgan fingerprint density at radius 1 is 0.833 bits per heavy atom. The first kappa shape index (κ1) is 12.8. The molecule has 0 aliphatic heterocycles. The van der Waals surface area contributed by atoms with Crippen LogP contribution in [0.2, 0.25) is 0 Å². The highest BCUT2D eigenvalue weighted by atomic mass is 19.1. The van der Waals surface area contributed by atoms with E-state index in [0.29, 0.717) is 22.1 Å². The Kier molecular flexibility index (Phi) is 3.48. The maximum absolute atomic E-state index is 13.0. The number of aryl methyl sites for hydroxylation is 2. The van der Waals surface area contributed by atoms with E-state index >= 15 is 0 Å². The van der Waals surface area contributed by atoms with Gasteiger partial charge >= 0.3 is 6.92 Å². The van der Waals surface area contributed by atoms with Crippen molar-refractivity contribution < 1.29 is 13.8 Å². The SMILES string of the molecule is Cc1cc(F)ccc1B(O)c1ccc(F)cc1C. The van der Waals surface area contributed by atoms with Gasteiger partial charge in [-0.25, -0.2) is 8.78 Å². The average molecular weight is 246 g/mol. The fraction of sp³-hybridized carbons (Fsp3) is 0.143. The molecule has 0 spiro atoms. The van der Waals surface area contributed by atoms with E-state index in [1.54, 1.807) is 26.0 Å². The molecule has 0 atom stereocenters. The third kappa shape index (κ3) is 2.43. The molecule has 2 aromatic carbocycles.